The lowest BCUT2D eigenvalue weighted by molar-refractivity contribution is 0.0238. The molecule has 1 atom stereocenters. The number of β-amino-alcohol motifs (C(OH)–C–C–N with tert-alkyl or cyclic N) is 1. The summed E-state index contributed by atoms with van der Waals surface area (Å²) in [7, 11) is 0. The molecule has 0 aromatic carbocycles. The van der Waals surface area contributed by atoms with Gasteiger partial charge in [-0.05, 0) is 52.1 Å². The number of aliphatic hydroxyl groups is 1. The molecule has 0 spiro atoms. The fourth-order valence-electron chi connectivity index (χ4n) is 3.87. The molecule has 6 nitrogen and oxygen atoms in total. The van der Waals surface area contributed by atoms with Crippen molar-refractivity contribution >= 4 is 5.91 Å². The molecule has 6 heteroatoms. The van der Waals surface area contributed by atoms with Gasteiger partial charge in [-0.15, -0.1) is 0 Å². The van der Waals surface area contributed by atoms with Gasteiger partial charge in [-0.1, -0.05) is 0 Å². The van der Waals surface area contributed by atoms with Crippen LogP contribution in [0.2, 0.25) is 0 Å². The molecule has 2 aliphatic heterocycles. The van der Waals surface area contributed by atoms with E-state index in [1.54, 1.807) is 4.68 Å². The van der Waals surface area contributed by atoms with Crippen molar-refractivity contribution < 1.29 is 9.90 Å². The highest BCUT2D eigenvalue weighted by atomic mass is 16.3. The average molecular weight is 320 g/mol. The number of aliphatic hydroxyl groups excluding tert-OH is 1. The zero-order chi connectivity index (χ0) is 16.4. The van der Waals surface area contributed by atoms with Crippen LogP contribution in [0.25, 0.3) is 0 Å². The number of carbonyl (C=O) groups excluding carboxylic acids is 1. The van der Waals surface area contributed by atoms with Crippen LogP contribution in [0, 0.1) is 6.92 Å². The number of aryl methyl sites for hydroxylation is 2. The zero-order valence-corrected chi connectivity index (χ0v) is 14.2. The predicted octanol–water partition coefficient (Wildman–Crippen LogP) is 1.27. The Morgan fingerprint density at radius 1 is 1.30 bits per heavy atom. The minimum absolute atomic E-state index is 0.101. The first-order valence-corrected chi connectivity index (χ1v) is 8.84. The Bertz CT molecular complexity index is 549. The van der Waals surface area contributed by atoms with Crippen molar-refractivity contribution in [1.82, 2.24) is 19.6 Å². The maximum absolute atomic E-state index is 12.7. The van der Waals surface area contributed by atoms with Gasteiger partial charge in [0.15, 0.2) is 0 Å². The number of aromatic nitrogens is 2. The van der Waals surface area contributed by atoms with E-state index in [1.807, 2.05) is 24.8 Å². The topological polar surface area (TPSA) is 61.6 Å². The van der Waals surface area contributed by atoms with Crippen LogP contribution in [-0.2, 0) is 6.54 Å². The summed E-state index contributed by atoms with van der Waals surface area (Å²) in [5, 5.41) is 14.2. The molecule has 1 N–H and O–H groups in total. The molecule has 3 rings (SSSR count). The molecule has 3 heterocycles. The number of carbonyl (C=O) groups is 1. The first kappa shape index (κ1) is 16.5. The van der Waals surface area contributed by atoms with Gasteiger partial charge in [-0.25, -0.2) is 0 Å². The Morgan fingerprint density at radius 3 is 2.70 bits per heavy atom. The van der Waals surface area contributed by atoms with Crippen molar-refractivity contribution in [1.29, 1.82) is 0 Å². The predicted molar refractivity (Wildman–Crippen MR) is 88.4 cm³/mol. The molecule has 0 radical (unpaired) electrons. The fraction of sp³-hybridized carbons (Fsp3) is 0.765. The normalized spacial score (nSPS) is 24.1. The van der Waals surface area contributed by atoms with Gasteiger partial charge >= 0.3 is 0 Å². The van der Waals surface area contributed by atoms with Crippen LogP contribution in [0.15, 0.2) is 6.07 Å². The number of hydrogen-bond acceptors (Lipinski definition) is 4. The molecule has 2 saturated heterocycles. The molecule has 0 aliphatic carbocycles. The Kier molecular flexibility index (Phi) is 5.02. The lowest BCUT2D eigenvalue weighted by atomic mass is 9.99. The first-order chi connectivity index (χ1) is 11.1. The van der Waals surface area contributed by atoms with Crippen LogP contribution in [0.5, 0.6) is 0 Å². The van der Waals surface area contributed by atoms with Crippen molar-refractivity contribution in [3.05, 3.63) is 17.5 Å². The summed E-state index contributed by atoms with van der Waals surface area (Å²) < 4.78 is 1.80. The van der Waals surface area contributed by atoms with E-state index in [0.29, 0.717) is 11.7 Å². The molecule has 2 fully saturated rings. The van der Waals surface area contributed by atoms with E-state index in [-0.39, 0.29) is 12.0 Å². The summed E-state index contributed by atoms with van der Waals surface area (Å²) in [5.74, 6) is 0.101. The largest absolute Gasteiger partial charge is 0.392 e. The molecule has 1 amide bonds. The Hall–Kier alpha value is -1.40. The molecular formula is C17H28N4O2. The van der Waals surface area contributed by atoms with Crippen molar-refractivity contribution in [3.8, 4) is 0 Å². The van der Waals surface area contributed by atoms with E-state index in [2.05, 4.69) is 10.00 Å². The molecule has 0 unspecified atom stereocenters. The number of nitrogens with zero attached hydrogens (tertiary/aromatic N) is 4. The van der Waals surface area contributed by atoms with Gasteiger partial charge in [0.25, 0.3) is 5.91 Å². The number of rotatable bonds is 3. The SMILES string of the molecule is CCn1nc(C)cc1C(=O)N1CCC(N2CCC[C@H](O)C2)CC1. The van der Waals surface area contributed by atoms with Gasteiger partial charge in [0.05, 0.1) is 11.8 Å². The van der Waals surface area contributed by atoms with Crippen molar-refractivity contribution in [2.24, 2.45) is 0 Å². The lowest BCUT2D eigenvalue weighted by Crippen LogP contribution is -2.50. The highest BCUT2D eigenvalue weighted by Crippen LogP contribution is 2.22. The molecule has 1 aromatic heterocycles. The minimum atomic E-state index is -0.176. The second-order valence-corrected chi connectivity index (χ2v) is 6.80. The number of amides is 1. The summed E-state index contributed by atoms with van der Waals surface area (Å²) in [6, 6.07) is 2.39. The number of likely N-dealkylation sites (tertiary alicyclic amines) is 2. The number of hydrogen-bond donors (Lipinski definition) is 1. The molecular weight excluding hydrogens is 292 g/mol. The van der Waals surface area contributed by atoms with Crippen LogP contribution in [-0.4, -0.2) is 68.9 Å². The van der Waals surface area contributed by atoms with Crippen LogP contribution in [0.1, 0.15) is 48.8 Å². The Morgan fingerprint density at radius 2 is 2.04 bits per heavy atom. The first-order valence-electron chi connectivity index (χ1n) is 8.84. The minimum Gasteiger partial charge on any atom is -0.392 e. The van der Waals surface area contributed by atoms with E-state index in [0.717, 1.165) is 64.1 Å². The van der Waals surface area contributed by atoms with Gasteiger partial charge in [0.1, 0.15) is 5.69 Å². The Balaban J connectivity index is 1.59. The third kappa shape index (κ3) is 3.58. The zero-order valence-electron chi connectivity index (χ0n) is 14.2. The lowest BCUT2D eigenvalue weighted by Gasteiger charge is -2.41. The van der Waals surface area contributed by atoms with E-state index in [9.17, 15) is 9.90 Å². The van der Waals surface area contributed by atoms with Crippen molar-refractivity contribution in [2.45, 2.75) is 58.2 Å². The average Bonchev–Trinajstić information content (AvgIpc) is 2.95. The third-order valence-corrected chi connectivity index (χ3v) is 5.12. The quantitative estimate of drug-likeness (QED) is 0.911. The molecule has 0 bridgehead atoms. The second-order valence-electron chi connectivity index (χ2n) is 6.80. The summed E-state index contributed by atoms with van der Waals surface area (Å²) in [6.45, 7) is 8.12. The van der Waals surface area contributed by atoms with Gasteiger partial charge < -0.3 is 10.0 Å². The summed E-state index contributed by atoms with van der Waals surface area (Å²) in [5.41, 5.74) is 1.60. The van der Waals surface area contributed by atoms with Crippen LogP contribution < -0.4 is 0 Å². The Labute approximate surface area is 138 Å². The maximum atomic E-state index is 12.7. The molecule has 1 aromatic rings. The number of piperidine rings is 2. The van der Waals surface area contributed by atoms with Gasteiger partial charge in [-0.3, -0.25) is 14.4 Å². The van der Waals surface area contributed by atoms with Crippen LogP contribution in [0.4, 0.5) is 0 Å². The molecule has 23 heavy (non-hydrogen) atoms. The standard InChI is InChI=1S/C17H28N4O2/c1-3-21-16(11-13(2)18-21)17(23)19-9-6-14(7-10-19)20-8-4-5-15(22)12-20/h11,14-15,22H,3-10,12H2,1-2H3/t15-/m0/s1. The summed E-state index contributed by atoms with van der Waals surface area (Å²) in [4.78, 5) is 17.1. The summed E-state index contributed by atoms with van der Waals surface area (Å²) >= 11 is 0. The maximum Gasteiger partial charge on any atom is 0.272 e. The van der Waals surface area contributed by atoms with E-state index >= 15 is 0 Å². The van der Waals surface area contributed by atoms with Crippen molar-refractivity contribution in [3.63, 3.8) is 0 Å². The summed E-state index contributed by atoms with van der Waals surface area (Å²) in [6.07, 6.45) is 3.82. The van der Waals surface area contributed by atoms with E-state index < -0.39 is 0 Å². The third-order valence-electron chi connectivity index (χ3n) is 5.12. The van der Waals surface area contributed by atoms with Crippen molar-refractivity contribution in [2.75, 3.05) is 26.2 Å². The van der Waals surface area contributed by atoms with Gasteiger partial charge in [0, 0.05) is 32.2 Å². The molecule has 2 aliphatic rings. The monoisotopic (exact) mass is 320 g/mol. The fourth-order valence-corrected chi connectivity index (χ4v) is 3.87. The van der Waals surface area contributed by atoms with Gasteiger partial charge in [0.2, 0.25) is 0 Å². The molecule has 128 valence electrons. The second kappa shape index (κ2) is 7.01. The smallest absolute Gasteiger partial charge is 0.272 e. The van der Waals surface area contributed by atoms with E-state index in [1.165, 1.54) is 0 Å². The highest BCUT2D eigenvalue weighted by Gasteiger charge is 2.30. The van der Waals surface area contributed by atoms with E-state index in [4.69, 9.17) is 0 Å². The van der Waals surface area contributed by atoms with Crippen LogP contribution >= 0.6 is 0 Å². The van der Waals surface area contributed by atoms with Crippen LogP contribution in [0.3, 0.4) is 0 Å². The van der Waals surface area contributed by atoms with Gasteiger partial charge in [-0.2, -0.15) is 5.10 Å². The molecule has 0 saturated carbocycles. The highest BCUT2D eigenvalue weighted by molar-refractivity contribution is 5.92.